The van der Waals surface area contributed by atoms with Gasteiger partial charge < -0.3 is 0 Å². The minimum absolute atomic E-state index is 1.20. The van der Waals surface area contributed by atoms with Crippen LogP contribution in [0.4, 0.5) is 0 Å². The van der Waals surface area contributed by atoms with E-state index in [1.807, 2.05) is 0 Å². The Labute approximate surface area is 193 Å². The van der Waals surface area contributed by atoms with E-state index in [1.54, 1.807) is 44.5 Å². The first kappa shape index (κ1) is 25.7. The predicted octanol–water partition coefficient (Wildman–Crippen LogP) is 9.46. The van der Waals surface area contributed by atoms with Gasteiger partial charge in [0.1, 0.15) is 0 Å². The molecule has 0 bridgehead atoms. The van der Waals surface area contributed by atoms with Gasteiger partial charge >= 0.3 is 0 Å². The topological polar surface area (TPSA) is 0 Å². The fourth-order valence-electron chi connectivity index (χ4n) is 5.41. The van der Waals surface area contributed by atoms with E-state index in [1.165, 1.54) is 83.5 Å². The summed E-state index contributed by atoms with van der Waals surface area (Å²) in [4.78, 5) is 0. The molecule has 0 unspecified atom stereocenters. The molecule has 0 saturated heterocycles. The minimum Gasteiger partial charge on any atom is -0.0654 e. The molecule has 0 heterocycles. The van der Waals surface area contributed by atoms with Gasteiger partial charge in [0.25, 0.3) is 0 Å². The van der Waals surface area contributed by atoms with Gasteiger partial charge in [0.05, 0.1) is 0 Å². The molecule has 2 aromatic rings. The van der Waals surface area contributed by atoms with Crippen LogP contribution in [-0.2, 0) is 38.5 Å². The van der Waals surface area contributed by atoms with Crippen molar-refractivity contribution >= 4 is 0 Å². The van der Waals surface area contributed by atoms with Crippen molar-refractivity contribution in [3.05, 3.63) is 57.6 Å². The monoisotopic (exact) mass is 420 g/mol. The second-order valence-corrected chi connectivity index (χ2v) is 9.28. The lowest BCUT2D eigenvalue weighted by Gasteiger charge is -2.28. The Morgan fingerprint density at radius 3 is 1.32 bits per heavy atom. The van der Waals surface area contributed by atoms with Gasteiger partial charge in [-0.05, 0) is 89.5 Å². The maximum atomic E-state index is 2.43. The Hall–Kier alpha value is -1.56. The van der Waals surface area contributed by atoms with Gasteiger partial charge in [-0.3, -0.25) is 0 Å². The normalized spacial score (nSPS) is 11.3. The maximum absolute atomic E-state index is 2.43. The lowest BCUT2D eigenvalue weighted by atomic mass is 9.76. The van der Waals surface area contributed by atoms with Crippen LogP contribution in [0.2, 0.25) is 0 Å². The molecule has 2 aromatic carbocycles. The number of benzene rings is 2. The molecule has 31 heavy (non-hydrogen) atoms. The van der Waals surface area contributed by atoms with Crippen LogP contribution in [0.5, 0.6) is 0 Å². The van der Waals surface area contributed by atoms with Crippen LogP contribution in [-0.4, -0.2) is 0 Å². The largest absolute Gasteiger partial charge is 0.0654 e. The first-order chi connectivity index (χ1) is 15.2. The molecule has 0 aromatic heterocycles. The molecule has 2 rings (SSSR count). The minimum atomic E-state index is 1.20. The van der Waals surface area contributed by atoms with Crippen molar-refractivity contribution in [3.8, 4) is 11.1 Å². The van der Waals surface area contributed by atoms with Crippen LogP contribution in [0, 0.1) is 0 Å². The van der Waals surface area contributed by atoms with Crippen LogP contribution in [0.1, 0.15) is 120 Å². The summed E-state index contributed by atoms with van der Waals surface area (Å²) >= 11 is 0. The summed E-state index contributed by atoms with van der Waals surface area (Å²) in [5.74, 6) is 0. The highest BCUT2D eigenvalue weighted by atomic mass is 14.3. The molecule has 0 aliphatic rings. The number of hydrogen-bond acceptors (Lipinski definition) is 0. The van der Waals surface area contributed by atoms with Crippen molar-refractivity contribution < 1.29 is 0 Å². The summed E-state index contributed by atoms with van der Waals surface area (Å²) in [6.45, 7) is 14.1. The summed E-state index contributed by atoms with van der Waals surface area (Å²) in [6.07, 6.45) is 16.1. The lowest BCUT2D eigenvalue weighted by Crippen LogP contribution is -2.13. The lowest BCUT2D eigenvalue weighted by molar-refractivity contribution is 0.780. The number of hydrogen-bond donors (Lipinski definition) is 0. The average molecular weight is 421 g/mol. The Morgan fingerprint density at radius 2 is 0.871 bits per heavy atom. The summed E-state index contributed by atoms with van der Waals surface area (Å²) in [7, 11) is 0. The molecule has 0 spiro atoms. The maximum Gasteiger partial charge on any atom is -0.0111 e. The molecular weight excluding hydrogens is 372 g/mol. The average Bonchev–Trinajstić information content (AvgIpc) is 2.78. The fourth-order valence-corrected chi connectivity index (χ4v) is 5.41. The molecule has 0 atom stereocenters. The Balaban J connectivity index is 2.96. The second-order valence-electron chi connectivity index (χ2n) is 9.28. The summed E-state index contributed by atoms with van der Waals surface area (Å²) in [5.41, 5.74) is 13.3. The van der Waals surface area contributed by atoms with Crippen molar-refractivity contribution in [2.75, 3.05) is 0 Å². The Morgan fingerprint density at radius 1 is 0.452 bits per heavy atom. The van der Waals surface area contributed by atoms with Gasteiger partial charge in [-0.2, -0.15) is 0 Å². The summed E-state index contributed by atoms with van der Waals surface area (Å²) in [5, 5.41) is 0. The van der Waals surface area contributed by atoms with E-state index in [4.69, 9.17) is 0 Å². The first-order valence-corrected chi connectivity index (χ1v) is 13.4. The Bertz CT molecular complexity index is 759. The highest BCUT2D eigenvalue weighted by Crippen LogP contribution is 2.41. The molecule has 0 aliphatic heterocycles. The fraction of sp³-hybridized carbons (Fsp3) is 0.613. The third-order valence-corrected chi connectivity index (χ3v) is 6.65. The highest BCUT2D eigenvalue weighted by molar-refractivity contribution is 5.78. The third kappa shape index (κ3) is 6.24. The molecule has 172 valence electrons. The zero-order chi connectivity index (χ0) is 22.6. The van der Waals surface area contributed by atoms with Crippen molar-refractivity contribution in [1.29, 1.82) is 0 Å². The molecule has 0 fully saturated rings. The van der Waals surface area contributed by atoms with Crippen LogP contribution < -0.4 is 0 Å². The predicted molar refractivity (Wildman–Crippen MR) is 140 cm³/mol. The van der Waals surface area contributed by atoms with Crippen molar-refractivity contribution in [3.63, 3.8) is 0 Å². The molecular formula is C31H48. The van der Waals surface area contributed by atoms with Gasteiger partial charge in [0.15, 0.2) is 0 Å². The van der Waals surface area contributed by atoms with Crippen LogP contribution in [0.3, 0.4) is 0 Å². The van der Waals surface area contributed by atoms with Crippen molar-refractivity contribution in [2.24, 2.45) is 0 Å². The zero-order valence-corrected chi connectivity index (χ0v) is 21.5. The highest BCUT2D eigenvalue weighted by Gasteiger charge is 2.23. The summed E-state index contributed by atoms with van der Waals surface area (Å²) < 4.78 is 0. The molecule has 0 N–H and O–H groups in total. The van der Waals surface area contributed by atoms with Gasteiger partial charge in [-0.1, -0.05) is 104 Å². The van der Waals surface area contributed by atoms with Crippen LogP contribution in [0.15, 0.2) is 24.3 Å². The van der Waals surface area contributed by atoms with Gasteiger partial charge in [-0.25, -0.2) is 0 Å². The number of unbranched alkanes of at least 4 members (excludes halogenated alkanes) is 1. The van der Waals surface area contributed by atoms with E-state index >= 15 is 0 Å². The molecule has 0 heteroatoms. The quantitative estimate of drug-likeness (QED) is 0.285. The SMILES string of the molecule is CCCCc1ccccc1-c1c(CCC)c(CCC)c(CCC)c(CCC)c1CCC. The number of aryl methyl sites for hydroxylation is 1. The zero-order valence-electron chi connectivity index (χ0n) is 21.5. The van der Waals surface area contributed by atoms with Gasteiger partial charge in [-0.15, -0.1) is 0 Å². The molecule has 0 nitrogen and oxygen atoms in total. The van der Waals surface area contributed by atoms with Gasteiger partial charge in [0.2, 0.25) is 0 Å². The van der Waals surface area contributed by atoms with E-state index in [0.717, 1.165) is 0 Å². The second kappa shape index (κ2) is 13.8. The van der Waals surface area contributed by atoms with Crippen LogP contribution in [0.25, 0.3) is 11.1 Å². The molecule has 0 amide bonds. The van der Waals surface area contributed by atoms with Crippen LogP contribution >= 0.6 is 0 Å². The van der Waals surface area contributed by atoms with E-state index in [0.29, 0.717) is 0 Å². The van der Waals surface area contributed by atoms with E-state index in [-0.39, 0.29) is 0 Å². The third-order valence-electron chi connectivity index (χ3n) is 6.65. The van der Waals surface area contributed by atoms with Gasteiger partial charge in [0, 0.05) is 0 Å². The van der Waals surface area contributed by atoms with E-state index in [2.05, 4.69) is 65.8 Å². The standard InChI is InChI=1S/C31H48/c1-7-13-21-24-22-14-15-23-25(24)31-29(19-11-5)27(17-9-3)26(16-8-2)28(18-10-4)30(31)20-12-6/h14-15,22-23H,7-13,16-21H2,1-6H3. The first-order valence-electron chi connectivity index (χ1n) is 13.4. The molecule has 0 saturated carbocycles. The van der Waals surface area contributed by atoms with Crippen molar-refractivity contribution in [1.82, 2.24) is 0 Å². The molecule has 0 aliphatic carbocycles. The molecule has 0 radical (unpaired) electrons. The van der Waals surface area contributed by atoms with Crippen molar-refractivity contribution in [2.45, 2.75) is 125 Å². The Kier molecular flexibility index (Phi) is 11.4. The summed E-state index contributed by atoms with van der Waals surface area (Å²) in [6, 6.07) is 9.35. The van der Waals surface area contributed by atoms with E-state index in [9.17, 15) is 0 Å². The van der Waals surface area contributed by atoms with E-state index < -0.39 is 0 Å². The number of rotatable bonds is 14. The smallest absolute Gasteiger partial charge is 0.0111 e.